The lowest BCUT2D eigenvalue weighted by Crippen LogP contribution is -2.33. The SMILES string of the molecule is COc1cccc(CC(C)NC(=O)c2cnc(C(C)(C)C)s2)c1. The van der Waals surface area contributed by atoms with E-state index in [4.69, 9.17) is 4.74 Å². The Hall–Kier alpha value is -1.88. The van der Waals surface area contributed by atoms with Crippen LogP contribution in [-0.4, -0.2) is 24.0 Å². The average Bonchev–Trinajstić information content (AvgIpc) is 2.97. The smallest absolute Gasteiger partial charge is 0.263 e. The van der Waals surface area contributed by atoms with Gasteiger partial charge in [0, 0.05) is 11.5 Å². The zero-order chi connectivity index (χ0) is 17.0. The number of amides is 1. The summed E-state index contributed by atoms with van der Waals surface area (Å²) < 4.78 is 5.23. The van der Waals surface area contributed by atoms with Crippen LogP contribution in [0, 0.1) is 0 Å². The number of carbonyl (C=O) groups is 1. The summed E-state index contributed by atoms with van der Waals surface area (Å²) >= 11 is 1.46. The van der Waals surface area contributed by atoms with Crippen LogP contribution >= 0.6 is 11.3 Å². The van der Waals surface area contributed by atoms with Crippen LogP contribution in [0.15, 0.2) is 30.5 Å². The van der Waals surface area contributed by atoms with Gasteiger partial charge >= 0.3 is 0 Å². The van der Waals surface area contributed by atoms with E-state index >= 15 is 0 Å². The molecular weight excluding hydrogens is 308 g/mol. The highest BCUT2D eigenvalue weighted by atomic mass is 32.1. The topological polar surface area (TPSA) is 51.2 Å². The maximum atomic E-state index is 12.3. The molecule has 1 aromatic heterocycles. The number of hydrogen-bond acceptors (Lipinski definition) is 4. The van der Waals surface area contributed by atoms with Crippen LogP contribution in [0.4, 0.5) is 0 Å². The Morgan fingerprint density at radius 2 is 2.13 bits per heavy atom. The number of benzene rings is 1. The predicted molar refractivity (Wildman–Crippen MR) is 94.4 cm³/mol. The van der Waals surface area contributed by atoms with E-state index in [0.717, 1.165) is 22.7 Å². The number of nitrogens with zero attached hydrogens (tertiary/aromatic N) is 1. The molecule has 0 aliphatic heterocycles. The fourth-order valence-corrected chi connectivity index (χ4v) is 3.10. The first kappa shape index (κ1) is 17.5. The maximum absolute atomic E-state index is 12.3. The summed E-state index contributed by atoms with van der Waals surface area (Å²) in [6, 6.07) is 7.94. The molecule has 1 heterocycles. The zero-order valence-electron chi connectivity index (χ0n) is 14.3. The van der Waals surface area contributed by atoms with Crippen LogP contribution in [0.3, 0.4) is 0 Å². The van der Waals surface area contributed by atoms with Gasteiger partial charge in [0.25, 0.3) is 5.91 Å². The fourth-order valence-electron chi connectivity index (χ4n) is 2.22. The molecule has 0 fully saturated rings. The van der Waals surface area contributed by atoms with E-state index in [1.807, 2.05) is 31.2 Å². The third-order valence-corrected chi connectivity index (χ3v) is 4.85. The third kappa shape index (κ3) is 4.79. The summed E-state index contributed by atoms with van der Waals surface area (Å²) in [6.07, 6.45) is 2.42. The Labute approximate surface area is 141 Å². The van der Waals surface area contributed by atoms with E-state index in [0.29, 0.717) is 4.88 Å². The second-order valence-electron chi connectivity index (χ2n) is 6.71. The molecule has 124 valence electrons. The van der Waals surface area contributed by atoms with Crippen molar-refractivity contribution >= 4 is 17.2 Å². The van der Waals surface area contributed by atoms with Gasteiger partial charge in [0.15, 0.2) is 0 Å². The number of aromatic nitrogens is 1. The van der Waals surface area contributed by atoms with Crippen molar-refractivity contribution in [1.29, 1.82) is 0 Å². The second kappa shape index (κ2) is 7.13. The summed E-state index contributed by atoms with van der Waals surface area (Å²) in [6.45, 7) is 8.29. The zero-order valence-corrected chi connectivity index (χ0v) is 15.2. The Kier molecular flexibility index (Phi) is 5.42. The summed E-state index contributed by atoms with van der Waals surface area (Å²) in [5.74, 6) is 0.770. The molecule has 1 aromatic carbocycles. The molecule has 2 rings (SSSR count). The third-order valence-electron chi connectivity index (χ3n) is 3.42. The van der Waals surface area contributed by atoms with E-state index < -0.39 is 0 Å². The predicted octanol–water partition coefficient (Wildman–Crippen LogP) is 3.81. The fraction of sp³-hybridized carbons (Fsp3) is 0.444. The molecular formula is C18H24N2O2S. The van der Waals surface area contributed by atoms with Gasteiger partial charge in [-0.1, -0.05) is 32.9 Å². The normalized spacial score (nSPS) is 12.7. The monoisotopic (exact) mass is 332 g/mol. The Morgan fingerprint density at radius 3 is 2.74 bits per heavy atom. The largest absolute Gasteiger partial charge is 0.497 e. The second-order valence-corrected chi connectivity index (χ2v) is 7.74. The summed E-state index contributed by atoms with van der Waals surface area (Å²) in [4.78, 5) is 17.4. The van der Waals surface area contributed by atoms with Crippen molar-refractivity contribution in [3.63, 3.8) is 0 Å². The van der Waals surface area contributed by atoms with Gasteiger partial charge in [0.05, 0.1) is 18.3 Å². The molecule has 0 aliphatic carbocycles. The average molecular weight is 332 g/mol. The van der Waals surface area contributed by atoms with Crippen molar-refractivity contribution in [3.8, 4) is 5.75 Å². The van der Waals surface area contributed by atoms with Gasteiger partial charge in [0.1, 0.15) is 10.6 Å². The van der Waals surface area contributed by atoms with E-state index in [-0.39, 0.29) is 17.4 Å². The molecule has 23 heavy (non-hydrogen) atoms. The first-order valence-electron chi connectivity index (χ1n) is 7.69. The van der Waals surface area contributed by atoms with Gasteiger partial charge in [-0.3, -0.25) is 4.79 Å². The Balaban J connectivity index is 1.98. The molecule has 0 radical (unpaired) electrons. The number of nitrogens with one attached hydrogen (secondary N) is 1. The number of carbonyl (C=O) groups excluding carboxylic acids is 1. The molecule has 1 N–H and O–H groups in total. The Morgan fingerprint density at radius 1 is 1.39 bits per heavy atom. The molecule has 1 atom stereocenters. The van der Waals surface area contributed by atoms with E-state index in [2.05, 4.69) is 31.1 Å². The van der Waals surface area contributed by atoms with Crippen molar-refractivity contribution in [1.82, 2.24) is 10.3 Å². The quantitative estimate of drug-likeness (QED) is 0.906. The van der Waals surface area contributed by atoms with Crippen LogP contribution in [0.2, 0.25) is 0 Å². The summed E-state index contributed by atoms with van der Waals surface area (Å²) in [7, 11) is 1.65. The van der Waals surface area contributed by atoms with Crippen molar-refractivity contribution in [2.75, 3.05) is 7.11 Å². The van der Waals surface area contributed by atoms with Crippen LogP contribution < -0.4 is 10.1 Å². The van der Waals surface area contributed by atoms with Crippen molar-refractivity contribution < 1.29 is 9.53 Å². The van der Waals surface area contributed by atoms with Crippen molar-refractivity contribution in [3.05, 3.63) is 45.9 Å². The lowest BCUT2D eigenvalue weighted by Gasteiger charge is -2.14. The number of methoxy groups -OCH3 is 1. The van der Waals surface area contributed by atoms with E-state index in [9.17, 15) is 4.79 Å². The number of thiazole rings is 1. The lowest BCUT2D eigenvalue weighted by molar-refractivity contribution is 0.0944. The first-order valence-corrected chi connectivity index (χ1v) is 8.51. The molecule has 1 unspecified atom stereocenters. The van der Waals surface area contributed by atoms with Gasteiger partial charge in [-0.2, -0.15) is 0 Å². The highest BCUT2D eigenvalue weighted by Gasteiger charge is 2.21. The molecule has 5 heteroatoms. The molecule has 1 amide bonds. The molecule has 0 spiro atoms. The number of hydrogen-bond donors (Lipinski definition) is 1. The molecule has 0 saturated carbocycles. The molecule has 0 saturated heterocycles. The Bertz CT molecular complexity index is 674. The summed E-state index contributed by atoms with van der Waals surface area (Å²) in [5.41, 5.74) is 1.10. The minimum absolute atomic E-state index is 0.0323. The molecule has 0 aliphatic rings. The highest BCUT2D eigenvalue weighted by molar-refractivity contribution is 7.13. The van der Waals surface area contributed by atoms with Gasteiger partial charge in [-0.25, -0.2) is 4.98 Å². The van der Waals surface area contributed by atoms with Crippen LogP contribution in [0.25, 0.3) is 0 Å². The van der Waals surface area contributed by atoms with Gasteiger partial charge in [-0.05, 0) is 31.0 Å². The first-order chi connectivity index (χ1) is 10.8. The minimum Gasteiger partial charge on any atom is -0.497 e. The van der Waals surface area contributed by atoms with E-state index in [1.54, 1.807) is 13.3 Å². The van der Waals surface area contributed by atoms with Gasteiger partial charge in [-0.15, -0.1) is 11.3 Å². The number of ether oxygens (including phenoxy) is 1. The van der Waals surface area contributed by atoms with Crippen LogP contribution in [-0.2, 0) is 11.8 Å². The van der Waals surface area contributed by atoms with E-state index in [1.165, 1.54) is 11.3 Å². The van der Waals surface area contributed by atoms with Crippen molar-refractivity contribution in [2.45, 2.75) is 45.6 Å². The van der Waals surface area contributed by atoms with Crippen LogP contribution in [0.1, 0.15) is 47.9 Å². The van der Waals surface area contributed by atoms with Gasteiger partial charge in [0.2, 0.25) is 0 Å². The maximum Gasteiger partial charge on any atom is 0.263 e. The molecule has 0 bridgehead atoms. The van der Waals surface area contributed by atoms with Crippen LogP contribution in [0.5, 0.6) is 5.75 Å². The summed E-state index contributed by atoms with van der Waals surface area (Å²) in [5, 5.41) is 4.01. The number of rotatable bonds is 5. The van der Waals surface area contributed by atoms with Crippen molar-refractivity contribution in [2.24, 2.45) is 0 Å². The molecule has 4 nitrogen and oxygen atoms in total. The van der Waals surface area contributed by atoms with Gasteiger partial charge < -0.3 is 10.1 Å². The minimum atomic E-state index is -0.0617. The standard InChI is InChI=1S/C18H24N2O2S/c1-12(9-13-7-6-8-14(10-13)22-5)20-16(21)15-11-19-17(23-15)18(2,3)4/h6-8,10-12H,9H2,1-5H3,(H,20,21). The molecule has 2 aromatic rings. The lowest BCUT2D eigenvalue weighted by atomic mass is 9.98. The highest BCUT2D eigenvalue weighted by Crippen LogP contribution is 2.26.